The number of ether oxygens (including phenoxy) is 1. The number of nitrogen functional groups attached to an aromatic ring is 1. The van der Waals surface area contributed by atoms with Crippen molar-refractivity contribution >= 4 is 21.4 Å². The maximum absolute atomic E-state index is 11.7. The van der Waals surface area contributed by atoms with Crippen LogP contribution in [0, 0.1) is 0 Å². The number of nitrogens with zero attached hydrogens (tertiary/aromatic N) is 1. The van der Waals surface area contributed by atoms with Gasteiger partial charge in [-0.15, -0.1) is 0 Å². The Labute approximate surface area is 126 Å². The van der Waals surface area contributed by atoms with E-state index in [-0.39, 0.29) is 4.90 Å². The zero-order valence-corrected chi connectivity index (χ0v) is 13.5. The number of nitrogens with two attached hydrogens (primary N) is 1. The highest BCUT2D eigenvalue weighted by molar-refractivity contribution is 7.89. The Balaban J connectivity index is 2.53. The second-order valence-electron chi connectivity index (χ2n) is 4.80. The van der Waals surface area contributed by atoms with Crippen LogP contribution in [-0.4, -0.2) is 60.8 Å². The van der Waals surface area contributed by atoms with Crippen molar-refractivity contribution < 1.29 is 13.2 Å². The molecule has 0 bridgehead atoms. The van der Waals surface area contributed by atoms with Gasteiger partial charge in [-0.1, -0.05) is 0 Å². The molecule has 8 heteroatoms. The van der Waals surface area contributed by atoms with Gasteiger partial charge in [0.1, 0.15) is 0 Å². The molecule has 4 N–H and O–H groups in total. The van der Waals surface area contributed by atoms with Gasteiger partial charge in [0.15, 0.2) is 0 Å². The van der Waals surface area contributed by atoms with Crippen molar-refractivity contribution in [2.24, 2.45) is 0 Å². The molecule has 0 radical (unpaired) electrons. The average Bonchev–Trinajstić information content (AvgIpc) is 2.43. The predicted octanol–water partition coefficient (Wildman–Crippen LogP) is 0.167. The molecule has 0 saturated heterocycles. The molecule has 0 aromatic heterocycles. The van der Waals surface area contributed by atoms with Crippen molar-refractivity contribution in [2.45, 2.75) is 4.90 Å². The Bertz CT molecular complexity index is 546. The first-order valence-electron chi connectivity index (χ1n) is 6.66. The number of sulfonamides is 1. The smallest absolute Gasteiger partial charge is 0.240 e. The summed E-state index contributed by atoms with van der Waals surface area (Å²) in [5.41, 5.74) is 6.91. The molecule has 0 unspecified atom stereocenters. The Hall–Kier alpha value is -1.35. The van der Waals surface area contributed by atoms with Crippen LogP contribution in [0.15, 0.2) is 23.1 Å². The van der Waals surface area contributed by atoms with Crippen LogP contribution in [0.4, 0.5) is 11.4 Å². The largest absolute Gasteiger partial charge is 0.397 e. The zero-order valence-electron chi connectivity index (χ0n) is 12.7. The Morgan fingerprint density at radius 2 is 2.00 bits per heavy atom. The first-order valence-corrected chi connectivity index (χ1v) is 8.14. The second-order valence-corrected chi connectivity index (χ2v) is 6.69. The summed E-state index contributed by atoms with van der Waals surface area (Å²) in [7, 11) is 1.87. The normalized spacial score (nSPS) is 11.8. The van der Waals surface area contributed by atoms with Gasteiger partial charge in [0.2, 0.25) is 10.0 Å². The summed E-state index contributed by atoms with van der Waals surface area (Å²) in [6.07, 6.45) is 0. The fourth-order valence-corrected chi connectivity index (χ4v) is 2.34. The summed E-state index contributed by atoms with van der Waals surface area (Å²) < 4.78 is 31.2. The van der Waals surface area contributed by atoms with Crippen LogP contribution in [-0.2, 0) is 14.8 Å². The van der Waals surface area contributed by atoms with Crippen LogP contribution in [0.5, 0.6) is 0 Å². The van der Waals surface area contributed by atoms with Gasteiger partial charge in [0.25, 0.3) is 0 Å². The van der Waals surface area contributed by atoms with Crippen molar-refractivity contribution in [3.8, 4) is 0 Å². The van der Waals surface area contributed by atoms with Gasteiger partial charge in [0.05, 0.1) is 29.5 Å². The standard InChI is InChI=1S/C13H24N4O3S/c1-15-21(18,19)11-4-5-12(14)13(10-11)16-6-8-20-9-7-17(2)3/h4-5,10,15-16H,6-9,14H2,1-3H3. The minimum Gasteiger partial charge on any atom is -0.397 e. The molecule has 1 aromatic carbocycles. The molecule has 0 aliphatic carbocycles. The van der Waals surface area contributed by atoms with E-state index in [9.17, 15) is 8.42 Å². The monoisotopic (exact) mass is 316 g/mol. The van der Waals surface area contributed by atoms with Crippen LogP contribution in [0.25, 0.3) is 0 Å². The molecule has 120 valence electrons. The predicted molar refractivity (Wildman–Crippen MR) is 85.0 cm³/mol. The molecular weight excluding hydrogens is 292 g/mol. The van der Waals surface area contributed by atoms with Gasteiger partial charge < -0.3 is 20.7 Å². The van der Waals surface area contributed by atoms with Gasteiger partial charge in [-0.2, -0.15) is 0 Å². The van der Waals surface area contributed by atoms with Gasteiger partial charge >= 0.3 is 0 Å². The molecule has 0 saturated carbocycles. The fourth-order valence-electron chi connectivity index (χ4n) is 1.58. The van der Waals surface area contributed by atoms with E-state index in [1.54, 1.807) is 6.07 Å². The Morgan fingerprint density at radius 1 is 1.29 bits per heavy atom. The number of likely N-dealkylation sites (N-methyl/N-ethyl adjacent to an activating group) is 1. The molecule has 0 heterocycles. The number of hydrogen-bond donors (Lipinski definition) is 3. The quantitative estimate of drug-likeness (QED) is 0.444. The van der Waals surface area contributed by atoms with E-state index >= 15 is 0 Å². The molecule has 1 aromatic rings. The molecule has 0 atom stereocenters. The summed E-state index contributed by atoms with van der Waals surface area (Å²) in [5.74, 6) is 0. The highest BCUT2D eigenvalue weighted by Crippen LogP contribution is 2.22. The molecule has 0 fully saturated rings. The van der Waals surface area contributed by atoms with E-state index in [0.29, 0.717) is 31.1 Å². The number of nitrogens with one attached hydrogen (secondary N) is 2. The lowest BCUT2D eigenvalue weighted by Crippen LogP contribution is -2.20. The van der Waals surface area contributed by atoms with Crippen LogP contribution in [0.1, 0.15) is 0 Å². The van der Waals surface area contributed by atoms with E-state index in [4.69, 9.17) is 10.5 Å². The lowest BCUT2D eigenvalue weighted by molar-refractivity contribution is 0.126. The first kappa shape index (κ1) is 17.7. The summed E-state index contributed by atoms with van der Waals surface area (Å²) in [6.45, 7) is 2.59. The van der Waals surface area contributed by atoms with E-state index in [0.717, 1.165) is 6.54 Å². The molecular formula is C13H24N4O3S. The lowest BCUT2D eigenvalue weighted by atomic mass is 10.2. The molecule has 0 amide bonds. The number of rotatable bonds is 9. The maximum atomic E-state index is 11.7. The molecule has 7 nitrogen and oxygen atoms in total. The van der Waals surface area contributed by atoms with Gasteiger partial charge in [0, 0.05) is 13.1 Å². The second kappa shape index (κ2) is 8.18. The van der Waals surface area contributed by atoms with Crippen LogP contribution < -0.4 is 15.8 Å². The summed E-state index contributed by atoms with van der Waals surface area (Å²) >= 11 is 0. The summed E-state index contributed by atoms with van der Waals surface area (Å²) in [5, 5.41) is 3.08. The molecule has 0 spiro atoms. The van der Waals surface area contributed by atoms with Crippen molar-refractivity contribution in [2.75, 3.05) is 58.5 Å². The lowest BCUT2D eigenvalue weighted by Gasteiger charge is -2.13. The van der Waals surface area contributed by atoms with Gasteiger partial charge in [-0.05, 0) is 39.3 Å². The fraction of sp³-hybridized carbons (Fsp3) is 0.538. The van der Waals surface area contributed by atoms with Crippen LogP contribution in [0.3, 0.4) is 0 Å². The van der Waals surface area contributed by atoms with E-state index in [1.165, 1.54) is 19.2 Å². The van der Waals surface area contributed by atoms with E-state index in [1.807, 2.05) is 19.0 Å². The minimum atomic E-state index is -3.47. The van der Waals surface area contributed by atoms with E-state index in [2.05, 4.69) is 10.0 Å². The van der Waals surface area contributed by atoms with Crippen molar-refractivity contribution in [1.29, 1.82) is 0 Å². The molecule has 21 heavy (non-hydrogen) atoms. The Kier molecular flexibility index (Phi) is 6.90. The summed E-state index contributed by atoms with van der Waals surface area (Å²) in [6, 6.07) is 4.56. The average molecular weight is 316 g/mol. The first-order chi connectivity index (χ1) is 9.86. The maximum Gasteiger partial charge on any atom is 0.240 e. The molecule has 0 aliphatic heterocycles. The Morgan fingerprint density at radius 3 is 2.62 bits per heavy atom. The van der Waals surface area contributed by atoms with Gasteiger partial charge in [-0.25, -0.2) is 13.1 Å². The highest BCUT2D eigenvalue weighted by Gasteiger charge is 2.12. The third kappa shape index (κ3) is 5.88. The number of hydrogen-bond acceptors (Lipinski definition) is 6. The summed E-state index contributed by atoms with van der Waals surface area (Å²) in [4.78, 5) is 2.22. The van der Waals surface area contributed by atoms with Gasteiger partial charge in [-0.3, -0.25) is 0 Å². The topological polar surface area (TPSA) is 96.7 Å². The van der Waals surface area contributed by atoms with Crippen molar-refractivity contribution in [3.05, 3.63) is 18.2 Å². The zero-order chi connectivity index (χ0) is 15.9. The highest BCUT2D eigenvalue weighted by atomic mass is 32.2. The minimum absolute atomic E-state index is 0.176. The van der Waals surface area contributed by atoms with Crippen molar-refractivity contribution in [3.63, 3.8) is 0 Å². The van der Waals surface area contributed by atoms with Crippen molar-refractivity contribution in [1.82, 2.24) is 9.62 Å². The third-order valence-electron chi connectivity index (χ3n) is 2.85. The van der Waals surface area contributed by atoms with E-state index < -0.39 is 10.0 Å². The molecule has 1 rings (SSSR count). The SMILES string of the molecule is CNS(=O)(=O)c1ccc(N)c(NCCOCCN(C)C)c1. The van der Waals surface area contributed by atoms with Crippen LogP contribution in [0.2, 0.25) is 0 Å². The number of anilines is 2. The third-order valence-corrected chi connectivity index (χ3v) is 4.26. The molecule has 0 aliphatic rings. The number of benzene rings is 1. The van der Waals surface area contributed by atoms with Crippen LogP contribution >= 0.6 is 0 Å².